The maximum Gasteiger partial charge on any atom is 0.573 e. The van der Waals surface area contributed by atoms with E-state index in [1.54, 1.807) is 24.4 Å². The zero-order chi connectivity index (χ0) is 17.2. The molecule has 2 aromatic carbocycles. The average Bonchev–Trinajstić information content (AvgIpc) is 3.00. The van der Waals surface area contributed by atoms with Crippen molar-refractivity contribution in [3.63, 3.8) is 0 Å². The van der Waals surface area contributed by atoms with E-state index in [1.165, 1.54) is 24.3 Å². The molecule has 0 aliphatic rings. The highest BCUT2D eigenvalue weighted by atomic mass is 19.4. The van der Waals surface area contributed by atoms with Crippen LogP contribution in [0.2, 0.25) is 0 Å². The van der Waals surface area contributed by atoms with Gasteiger partial charge in [-0.3, -0.25) is 9.89 Å². The number of ether oxygens (including phenoxy) is 1. The summed E-state index contributed by atoms with van der Waals surface area (Å²) >= 11 is 0. The normalized spacial score (nSPS) is 11.5. The summed E-state index contributed by atoms with van der Waals surface area (Å²) in [4.78, 5) is 12.1. The first-order valence-electron chi connectivity index (χ1n) is 6.97. The summed E-state index contributed by atoms with van der Waals surface area (Å²) in [6.07, 6.45) is -3.10. The monoisotopic (exact) mass is 335 g/mol. The molecule has 1 amide bonds. The maximum atomic E-state index is 12.1. The minimum absolute atomic E-state index is 0.189. The summed E-state index contributed by atoms with van der Waals surface area (Å²) in [6.45, 7) is 0.189. The number of hydrogen-bond donors (Lipinski definition) is 2. The Morgan fingerprint density at radius 2 is 1.92 bits per heavy atom. The third-order valence-corrected chi connectivity index (χ3v) is 3.31. The van der Waals surface area contributed by atoms with Crippen molar-refractivity contribution in [2.24, 2.45) is 0 Å². The summed E-state index contributed by atoms with van der Waals surface area (Å²) in [5.74, 6) is -0.586. The van der Waals surface area contributed by atoms with Gasteiger partial charge >= 0.3 is 6.36 Å². The highest BCUT2D eigenvalue weighted by Gasteiger charge is 2.30. The quantitative estimate of drug-likeness (QED) is 0.768. The molecule has 2 N–H and O–H groups in total. The van der Waals surface area contributed by atoms with Crippen LogP contribution in [0, 0.1) is 0 Å². The molecule has 0 saturated carbocycles. The van der Waals surface area contributed by atoms with Gasteiger partial charge in [-0.15, -0.1) is 13.2 Å². The van der Waals surface area contributed by atoms with Gasteiger partial charge in [-0.25, -0.2) is 0 Å². The van der Waals surface area contributed by atoms with E-state index in [0.717, 1.165) is 10.9 Å². The van der Waals surface area contributed by atoms with Gasteiger partial charge in [0.1, 0.15) is 5.75 Å². The largest absolute Gasteiger partial charge is 0.573 e. The van der Waals surface area contributed by atoms with Gasteiger partial charge in [0.25, 0.3) is 5.91 Å². The summed E-state index contributed by atoms with van der Waals surface area (Å²) in [7, 11) is 0. The predicted molar refractivity (Wildman–Crippen MR) is 80.4 cm³/mol. The van der Waals surface area contributed by atoms with Crippen molar-refractivity contribution >= 4 is 16.8 Å². The number of aromatic nitrogens is 2. The van der Waals surface area contributed by atoms with Crippen LogP contribution in [0.15, 0.2) is 48.7 Å². The molecule has 0 saturated heterocycles. The van der Waals surface area contributed by atoms with Crippen molar-refractivity contribution in [2.75, 3.05) is 0 Å². The van der Waals surface area contributed by atoms with E-state index in [1.807, 2.05) is 0 Å². The average molecular weight is 335 g/mol. The SMILES string of the molecule is O=C(NCc1ccc(OC(F)(F)F)cc1)c1ccc2[nH]ncc2c1. The fraction of sp³-hybridized carbons (Fsp3) is 0.125. The molecule has 8 heteroatoms. The van der Waals surface area contributed by atoms with Crippen molar-refractivity contribution < 1.29 is 22.7 Å². The van der Waals surface area contributed by atoms with Gasteiger partial charge in [-0.05, 0) is 35.9 Å². The molecule has 0 bridgehead atoms. The van der Waals surface area contributed by atoms with Crippen molar-refractivity contribution in [3.8, 4) is 5.75 Å². The van der Waals surface area contributed by atoms with E-state index in [-0.39, 0.29) is 18.2 Å². The lowest BCUT2D eigenvalue weighted by Gasteiger charge is -2.10. The Morgan fingerprint density at radius 3 is 2.62 bits per heavy atom. The highest BCUT2D eigenvalue weighted by Crippen LogP contribution is 2.22. The number of amides is 1. The summed E-state index contributed by atoms with van der Waals surface area (Å²) in [5, 5.41) is 10.2. The summed E-state index contributed by atoms with van der Waals surface area (Å²) in [6, 6.07) is 10.4. The van der Waals surface area contributed by atoms with Gasteiger partial charge in [-0.1, -0.05) is 12.1 Å². The van der Waals surface area contributed by atoms with Gasteiger partial charge in [-0.2, -0.15) is 5.10 Å². The molecular formula is C16H12F3N3O2. The molecule has 3 aromatic rings. The zero-order valence-corrected chi connectivity index (χ0v) is 12.2. The van der Waals surface area contributed by atoms with Gasteiger partial charge < -0.3 is 10.1 Å². The van der Waals surface area contributed by atoms with Crippen LogP contribution in [-0.4, -0.2) is 22.5 Å². The number of carbonyl (C=O) groups is 1. The van der Waals surface area contributed by atoms with E-state index >= 15 is 0 Å². The molecule has 3 rings (SSSR count). The van der Waals surface area contributed by atoms with E-state index < -0.39 is 6.36 Å². The Morgan fingerprint density at radius 1 is 1.17 bits per heavy atom. The number of nitrogens with one attached hydrogen (secondary N) is 2. The van der Waals surface area contributed by atoms with Crippen molar-refractivity contribution in [2.45, 2.75) is 12.9 Å². The number of nitrogens with zero attached hydrogens (tertiary/aromatic N) is 1. The third-order valence-electron chi connectivity index (χ3n) is 3.31. The number of rotatable bonds is 4. The second-order valence-corrected chi connectivity index (χ2v) is 5.05. The van der Waals surface area contributed by atoms with Crippen LogP contribution in [0.4, 0.5) is 13.2 Å². The Labute approximate surface area is 134 Å². The molecular weight excluding hydrogens is 323 g/mol. The molecule has 24 heavy (non-hydrogen) atoms. The van der Waals surface area contributed by atoms with Crippen LogP contribution >= 0.6 is 0 Å². The number of carbonyl (C=O) groups excluding carboxylic acids is 1. The lowest BCUT2D eigenvalue weighted by atomic mass is 10.1. The molecule has 5 nitrogen and oxygen atoms in total. The fourth-order valence-electron chi connectivity index (χ4n) is 2.18. The third kappa shape index (κ3) is 3.83. The van der Waals surface area contributed by atoms with Gasteiger partial charge in [0.15, 0.2) is 0 Å². The van der Waals surface area contributed by atoms with Crippen LogP contribution in [-0.2, 0) is 6.54 Å². The number of H-pyrrole nitrogens is 1. The molecule has 0 radical (unpaired) electrons. The van der Waals surface area contributed by atoms with Crippen molar-refractivity contribution in [1.82, 2.24) is 15.5 Å². The molecule has 0 aliphatic heterocycles. The number of fused-ring (bicyclic) bond motifs is 1. The van der Waals surface area contributed by atoms with E-state index in [2.05, 4.69) is 20.3 Å². The second-order valence-electron chi connectivity index (χ2n) is 5.05. The summed E-state index contributed by atoms with van der Waals surface area (Å²) < 4.78 is 40.0. The molecule has 1 heterocycles. The van der Waals surface area contributed by atoms with Crippen molar-refractivity contribution in [3.05, 3.63) is 59.8 Å². The van der Waals surface area contributed by atoms with Crippen LogP contribution in [0.3, 0.4) is 0 Å². The predicted octanol–water partition coefficient (Wildman–Crippen LogP) is 3.39. The van der Waals surface area contributed by atoms with Crippen LogP contribution in [0.25, 0.3) is 10.9 Å². The van der Waals surface area contributed by atoms with E-state index in [4.69, 9.17) is 0 Å². The maximum absolute atomic E-state index is 12.1. The number of halogens is 3. The Balaban J connectivity index is 1.61. The minimum Gasteiger partial charge on any atom is -0.406 e. The Bertz CT molecular complexity index is 857. The van der Waals surface area contributed by atoms with Gasteiger partial charge in [0, 0.05) is 17.5 Å². The molecule has 0 aliphatic carbocycles. The van der Waals surface area contributed by atoms with Gasteiger partial charge in [0.2, 0.25) is 0 Å². The van der Waals surface area contributed by atoms with E-state index in [9.17, 15) is 18.0 Å². The zero-order valence-electron chi connectivity index (χ0n) is 12.2. The highest BCUT2D eigenvalue weighted by molar-refractivity contribution is 5.97. The van der Waals surface area contributed by atoms with Gasteiger partial charge in [0.05, 0.1) is 11.7 Å². The number of aromatic amines is 1. The van der Waals surface area contributed by atoms with Crippen LogP contribution in [0.1, 0.15) is 15.9 Å². The van der Waals surface area contributed by atoms with Crippen LogP contribution in [0.5, 0.6) is 5.75 Å². The molecule has 1 aromatic heterocycles. The molecule has 0 spiro atoms. The number of alkyl halides is 3. The number of hydrogen-bond acceptors (Lipinski definition) is 3. The standard InChI is InChI=1S/C16H12F3N3O2/c17-16(18,19)24-13-4-1-10(2-5-13)8-20-15(23)11-3-6-14-12(7-11)9-21-22-14/h1-7,9H,8H2,(H,20,23)(H,21,22). The molecule has 0 fully saturated rings. The first-order valence-corrected chi connectivity index (χ1v) is 6.97. The molecule has 124 valence electrons. The number of benzene rings is 2. The second kappa shape index (κ2) is 6.23. The Kier molecular flexibility index (Phi) is 4.11. The lowest BCUT2D eigenvalue weighted by molar-refractivity contribution is -0.274. The minimum atomic E-state index is -4.72. The molecule has 0 atom stereocenters. The smallest absolute Gasteiger partial charge is 0.406 e. The topological polar surface area (TPSA) is 67.0 Å². The van der Waals surface area contributed by atoms with Crippen molar-refractivity contribution in [1.29, 1.82) is 0 Å². The molecule has 0 unspecified atom stereocenters. The first-order chi connectivity index (χ1) is 11.4. The van der Waals surface area contributed by atoms with E-state index in [0.29, 0.717) is 11.1 Å². The first kappa shape index (κ1) is 15.9. The Hall–Kier alpha value is -3.03. The van der Waals surface area contributed by atoms with Crippen LogP contribution < -0.4 is 10.1 Å². The lowest BCUT2D eigenvalue weighted by Crippen LogP contribution is -2.22. The summed E-state index contributed by atoms with van der Waals surface area (Å²) in [5.41, 5.74) is 1.95. The fourth-order valence-corrected chi connectivity index (χ4v) is 2.18.